The molecule has 0 spiro atoms. The van der Waals surface area contributed by atoms with Gasteiger partial charge in [-0.15, -0.1) is 0 Å². The third-order valence-electron chi connectivity index (χ3n) is 4.18. The first kappa shape index (κ1) is 18.1. The number of fused-ring (bicyclic) bond motifs is 1. The summed E-state index contributed by atoms with van der Waals surface area (Å²) >= 11 is 0. The van der Waals surface area contributed by atoms with Crippen molar-refractivity contribution in [3.8, 4) is 0 Å². The minimum Gasteiger partial charge on any atom is -0.437 e. The Labute approximate surface area is 152 Å². The number of nitrogens with zero attached hydrogens (tertiary/aromatic N) is 3. The van der Waals surface area contributed by atoms with Gasteiger partial charge in [0.15, 0.2) is 5.58 Å². The van der Waals surface area contributed by atoms with Crippen molar-refractivity contribution in [1.29, 1.82) is 0 Å². The normalized spacial score (nSPS) is 15.9. The van der Waals surface area contributed by atoms with E-state index in [1.165, 1.54) is 6.08 Å². The maximum absolute atomic E-state index is 12.3. The van der Waals surface area contributed by atoms with E-state index in [-0.39, 0.29) is 17.9 Å². The van der Waals surface area contributed by atoms with Crippen LogP contribution in [0, 0.1) is 0 Å². The molecule has 1 aliphatic rings. The van der Waals surface area contributed by atoms with Crippen molar-refractivity contribution in [2.75, 3.05) is 32.7 Å². The van der Waals surface area contributed by atoms with Gasteiger partial charge >= 0.3 is 0 Å². The number of aromatic nitrogens is 1. The molecule has 1 saturated heterocycles. The lowest BCUT2D eigenvalue weighted by molar-refractivity contribution is -0.128. The lowest BCUT2D eigenvalue weighted by atomic mass is 10.3. The molecule has 7 nitrogen and oxygen atoms in total. The average Bonchev–Trinajstić information content (AvgIpc) is 3.02. The molecule has 2 aromatic rings. The maximum Gasteiger partial charge on any atom is 0.246 e. The van der Waals surface area contributed by atoms with Gasteiger partial charge in [0.1, 0.15) is 5.52 Å². The molecular formula is C19H24N4O3. The van der Waals surface area contributed by atoms with Crippen molar-refractivity contribution in [3.05, 3.63) is 36.2 Å². The summed E-state index contributed by atoms with van der Waals surface area (Å²) in [6, 6.07) is 7.63. The molecule has 0 saturated carbocycles. The van der Waals surface area contributed by atoms with E-state index < -0.39 is 0 Å². The molecule has 138 valence electrons. The van der Waals surface area contributed by atoms with Crippen LogP contribution in [-0.4, -0.2) is 65.4 Å². The zero-order valence-corrected chi connectivity index (χ0v) is 15.1. The number of carbonyl (C=O) groups excluding carboxylic acids is 2. The predicted molar refractivity (Wildman–Crippen MR) is 99.3 cm³/mol. The van der Waals surface area contributed by atoms with Gasteiger partial charge in [0, 0.05) is 44.4 Å². The zero-order valence-electron chi connectivity index (χ0n) is 15.1. The Hall–Kier alpha value is -2.67. The van der Waals surface area contributed by atoms with Crippen molar-refractivity contribution >= 4 is 29.0 Å². The summed E-state index contributed by atoms with van der Waals surface area (Å²) in [5.74, 6) is 0.373. The van der Waals surface area contributed by atoms with Crippen molar-refractivity contribution in [2.24, 2.45) is 0 Å². The Bertz CT molecular complexity index is 771. The fourth-order valence-corrected chi connectivity index (χ4v) is 2.91. The number of nitrogens with one attached hydrogen (secondary N) is 1. The van der Waals surface area contributed by atoms with Gasteiger partial charge < -0.3 is 14.6 Å². The minimum absolute atomic E-state index is 0.0237. The van der Waals surface area contributed by atoms with Crippen LogP contribution in [-0.2, 0) is 9.59 Å². The first-order valence-corrected chi connectivity index (χ1v) is 8.85. The number of amides is 2. The van der Waals surface area contributed by atoms with Gasteiger partial charge in [-0.2, -0.15) is 0 Å². The molecule has 2 amide bonds. The van der Waals surface area contributed by atoms with Crippen LogP contribution < -0.4 is 5.32 Å². The first-order valence-electron chi connectivity index (χ1n) is 8.85. The molecule has 1 aromatic carbocycles. The SMILES string of the molecule is CC(C)NC(=O)CN1CCN(C(=O)/C=C/c2nc3ccccc3o2)CC1. The number of hydrogen-bond donors (Lipinski definition) is 1. The summed E-state index contributed by atoms with van der Waals surface area (Å²) < 4.78 is 5.58. The highest BCUT2D eigenvalue weighted by Crippen LogP contribution is 2.15. The van der Waals surface area contributed by atoms with Crippen molar-refractivity contribution in [1.82, 2.24) is 20.1 Å². The molecule has 0 bridgehead atoms. The molecule has 0 atom stereocenters. The number of carbonyl (C=O) groups is 2. The minimum atomic E-state index is -0.0708. The Balaban J connectivity index is 1.49. The number of rotatable bonds is 5. The van der Waals surface area contributed by atoms with Gasteiger partial charge in [-0.3, -0.25) is 14.5 Å². The molecular weight excluding hydrogens is 332 g/mol. The average molecular weight is 356 g/mol. The van der Waals surface area contributed by atoms with Crippen molar-refractivity contribution in [2.45, 2.75) is 19.9 Å². The molecule has 0 unspecified atom stereocenters. The Morgan fingerprint density at radius 1 is 1.23 bits per heavy atom. The Kier molecular flexibility index (Phi) is 5.68. The third kappa shape index (κ3) is 4.70. The van der Waals surface area contributed by atoms with Crippen LogP contribution in [0.2, 0.25) is 0 Å². The van der Waals surface area contributed by atoms with Crippen LogP contribution in [0.5, 0.6) is 0 Å². The van der Waals surface area contributed by atoms with E-state index >= 15 is 0 Å². The van der Waals surface area contributed by atoms with Gasteiger partial charge in [-0.25, -0.2) is 4.98 Å². The van der Waals surface area contributed by atoms with E-state index in [2.05, 4.69) is 15.2 Å². The lowest BCUT2D eigenvalue weighted by Crippen LogP contribution is -2.51. The quantitative estimate of drug-likeness (QED) is 0.822. The van der Waals surface area contributed by atoms with E-state index in [1.807, 2.05) is 38.1 Å². The number of oxazole rings is 1. The maximum atomic E-state index is 12.3. The monoisotopic (exact) mass is 356 g/mol. The fourth-order valence-electron chi connectivity index (χ4n) is 2.91. The molecule has 2 heterocycles. The Morgan fingerprint density at radius 3 is 2.65 bits per heavy atom. The summed E-state index contributed by atoms with van der Waals surface area (Å²) in [5.41, 5.74) is 1.47. The molecule has 7 heteroatoms. The standard InChI is InChI=1S/C19H24N4O3/c1-14(2)20-17(24)13-22-9-11-23(12-10-22)19(25)8-7-18-21-15-5-3-4-6-16(15)26-18/h3-8,14H,9-13H2,1-2H3,(H,20,24)/b8-7+. The van der Waals surface area contributed by atoms with E-state index in [1.54, 1.807) is 11.0 Å². The number of benzene rings is 1. The summed E-state index contributed by atoms with van der Waals surface area (Å²) in [6.45, 7) is 6.84. The smallest absolute Gasteiger partial charge is 0.246 e. The first-order chi connectivity index (χ1) is 12.5. The zero-order chi connectivity index (χ0) is 18.5. The summed E-state index contributed by atoms with van der Waals surface area (Å²) in [5, 5.41) is 2.88. The van der Waals surface area contributed by atoms with E-state index in [4.69, 9.17) is 4.42 Å². The van der Waals surface area contributed by atoms with Gasteiger partial charge in [0.2, 0.25) is 17.7 Å². The highest BCUT2D eigenvalue weighted by atomic mass is 16.3. The molecule has 1 aromatic heterocycles. The molecule has 1 fully saturated rings. The van der Waals surface area contributed by atoms with E-state index in [9.17, 15) is 9.59 Å². The van der Waals surface area contributed by atoms with Crippen molar-refractivity contribution in [3.63, 3.8) is 0 Å². The summed E-state index contributed by atoms with van der Waals surface area (Å²) in [4.78, 5) is 32.3. The summed E-state index contributed by atoms with van der Waals surface area (Å²) in [6.07, 6.45) is 3.09. The largest absolute Gasteiger partial charge is 0.437 e. The number of piperazine rings is 1. The Morgan fingerprint density at radius 2 is 1.96 bits per heavy atom. The number of para-hydroxylation sites is 2. The lowest BCUT2D eigenvalue weighted by Gasteiger charge is -2.33. The van der Waals surface area contributed by atoms with Crippen LogP contribution in [0.1, 0.15) is 19.7 Å². The third-order valence-corrected chi connectivity index (χ3v) is 4.18. The number of hydrogen-bond acceptors (Lipinski definition) is 5. The van der Waals surface area contributed by atoms with Crippen LogP contribution in [0.4, 0.5) is 0 Å². The second-order valence-corrected chi connectivity index (χ2v) is 6.68. The molecule has 3 rings (SSSR count). The second-order valence-electron chi connectivity index (χ2n) is 6.68. The molecule has 0 aliphatic carbocycles. The van der Waals surface area contributed by atoms with Crippen LogP contribution >= 0.6 is 0 Å². The van der Waals surface area contributed by atoms with Gasteiger partial charge in [-0.05, 0) is 26.0 Å². The molecule has 0 radical (unpaired) electrons. The predicted octanol–water partition coefficient (Wildman–Crippen LogP) is 1.51. The van der Waals surface area contributed by atoms with Crippen LogP contribution in [0.25, 0.3) is 17.2 Å². The van der Waals surface area contributed by atoms with Crippen LogP contribution in [0.3, 0.4) is 0 Å². The van der Waals surface area contributed by atoms with Gasteiger partial charge in [0.05, 0.1) is 6.54 Å². The van der Waals surface area contributed by atoms with Gasteiger partial charge in [-0.1, -0.05) is 12.1 Å². The van der Waals surface area contributed by atoms with Crippen LogP contribution in [0.15, 0.2) is 34.8 Å². The van der Waals surface area contributed by atoms with Crippen molar-refractivity contribution < 1.29 is 14.0 Å². The summed E-state index contributed by atoms with van der Waals surface area (Å²) in [7, 11) is 0. The molecule has 1 N–H and O–H groups in total. The topological polar surface area (TPSA) is 78.7 Å². The molecule has 1 aliphatic heterocycles. The molecule has 26 heavy (non-hydrogen) atoms. The highest BCUT2D eigenvalue weighted by molar-refractivity contribution is 5.91. The highest BCUT2D eigenvalue weighted by Gasteiger charge is 2.21. The van der Waals surface area contributed by atoms with Gasteiger partial charge in [0.25, 0.3) is 0 Å². The fraction of sp³-hybridized carbons (Fsp3) is 0.421. The second kappa shape index (κ2) is 8.14. The van der Waals surface area contributed by atoms with E-state index in [0.29, 0.717) is 44.2 Å². The van der Waals surface area contributed by atoms with E-state index in [0.717, 1.165) is 5.52 Å².